The molecule has 0 atom stereocenters. The van der Waals surface area contributed by atoms with E-state index in [4.69, 9.17) is 9.47 Å². The lowest BCUT2D eigenvalue weighted by molar-refractivity contribution is 0.102. The van der Waals surface area contributed by atoms with E-state index < -0.39 is 0 Å². The molecule has 1 amide bonds. The third kappa shape index (κ3) is 2.90. The third-order valence-electron chi connectivity index (χ3n) is 3.01. The van der Waals surface area contributed by atoms with E-state index in [2.05, 4.69) is 5.32 Å². The maximum absolute atomic E-state index is 12.1. The van der Waals surface area contributed by atoms with Crippen molar-refractivity contribution in [1.29, 1.82) is 0 Å². The van der Waals surface area contributed by atoms with Gasteiger partial charge in [-0.2, -0.15) is 0 Å². The minimum Gasteiger partial charge on any atom is -0.486 e. The SMILES string of the molecule is CC(=O)c1cc(C(=O)Nc2ccc3c(c2)OCCO3)cs1. The lowest BCUT2D eigenvalue weighted by atomic mass is 10.2. The average molecular weight is 303 g/mol. The summed E-state index contributed by atoms with van der Waals surface area (Å²) in [5, 5.41) is 4.45. The summed E-state index contributed by atoms with van der Waals surface area (Å²) in [7, 11) is 0. The predicted octanol–water partition coefficient (Wildman–Crippen LogP) is 2.97. The predicted molar refractivity (Wildman–Crippen MR) is 79.7 cm³/mol. The van der Waals surface area contributed by atoms with Gasteiger partial charge < -0.3 is 14.8 Å². The normalized spacial score (nSPS) is 12.8. The minimum absolute atomic E-state index is 0.0432. The van der Waals surface area contributed by atoms with Crippen LogP contribution in [0.1, 0.15) is 27.0 Å². The number of anilines is 1. The van der Waals surface area contributed by atoms with Crippen LogP contribution in [0.2, 0.25) is 0 Å². The molecule has 0 saturated carbocycles. The van der Waals surface area contributed by atoms with Crippen LogP contribution in [0.25, 0.3) is 0 Å². The summed E-state index contributed by atoms with van der Waals surface area (Å²) in [6, 6.07) is 6.84. The Labute approximate surface area is 125 Å². The zero-order valence-electron chi connectivity index (χ0n) is 11.3. The number of ketones is 1. The first-order valence-corrected chi connectivity index (χ1v) is 7.32. The lowest BCUT2D eigenvalue weighted by Crippen LogP contribution is -2.16. The van der Waals surface area contributed by atoms with Gasteiger partial charge in [0.2, 0.25) is 0 Å². The molecule has 21 heavy (non-hydrogen) atoms. The van der Waals surface area contributed by atoms with Crippen molar-refractivity contribution in [3.05, 3.63) is 40.1 Å². The highest BCUT2D eigenvalue weighted by molar-refractivity contribution is 7.12. The average Bonchev–Trinajstić information content (AvgIpc) is 2.97. The number of carbonyl (C=O) groups is 2. The molecule has 1 aromatic carbocycles. The first-order chi connectivity index (χ1) is 10.1. The van der Waals surface area contributed by atoms with Gasteiger partial charge in [0.05, 0.1) is 10.4 Å². The fourth-order valence-corrected chi connectivity index (χ4v) is 2.75. The molecule has 2 heterocycles. The van der Waals surface area contributed by atoms with Crippen molar-refractivity contribution in [3.8, 4) is 11.5 Å². The highest BCUT2D eigenvalue weighted by Gasteiger charge is 2.14. The smallest absolute Gasteiger partial charge is 0.256 e. The van der Waals surface area contributed by atoms with Crippen LogP contribution in [-0.2, 0) is 0 Å². The zero-order chi connectivity index (χ0) is 14.8. The molecule has 0 fully saturated rings. The lowest BCUT2D eigenvalue weighted by Gasteiger charge is -2.18. The Balaban J connectivity index is 1.76. The first-order valence-electron chi connectivity index (χ1n) is 6.44. The maximum atomic E-state index is 12.1. The van der Waals surface area contributed by atoms with E-state index in [1.165, 1.54) is 18.3 Å². The number of ether oxygens (including phenoxy) is 2. The summed E-state index contributed by atoms with van der Waals surface area (Å²) < 4.78 is 10.9. The van der Waals surface area contributed by atoms with Crippen LogP contribution in [0, 0.1) is 0 Å². The summed E-state index contributed by atoms with van der Waals surface area (Å²) in [6.45, 7) is 2.51. The molecule has 0 saturated heterocycles. The van der Waals surface area contributed by atoms with E-state index in [1.807, 2.05) is 0 Å². The molecule has 108 valence electrons. The number of hydrogen-bond donors (Lipinski definition) is 1. The minimum atomic E-state index is -0.254. The molecule has 1 N–H and O–H groups in total. The summed E-state index contributed by atoms with van der Waals surface area (Å²) >= 11 is 1.26. The Morgan fingerprint density at radius 3 is 2.62 bits per heavy atom. The summed E-state index contributed by atoms with van der Waals surface area (Å²) in [4.78, 5) is 24.0. The molecular weight excluding hydrogens is 290 g/mol. The van der Waals surface area contributed by atoms with Crippen LogP contribution in [0.15, 0.2) is 29.6 Å². The Bertz CT molecular complexity index is 707. The van der Waals surface area contributed by atoms with Gasteiger partial charge in [0.25, 0.3) is 5.91 Å². The molecule has 5 nitrogen and oxygen atoms in total. The van der Waals surface area contributed by atoms with E-state index in [0.29, 0.717) is 40.8 Å². The second-order valence-electron chi connectivity index (χ2n) is 4.57. The fourth-order valence-electron chi connectivity index (χ4n) is 1.96. The Hall–Kier alpha value is -2.34. The van der Waals surface area contributed by atoms with Crippen molar-refractivity contribution in [2.24, 2.45) is 0 Å². The molecule has 1 aliphatic rings. The number of thiophene rings is 1. The first kappa shape index (κ1) is 13.6. The van der Waals surface area contributed by atoms with E-state index in [9.17, 15) is 9.59 Å². The van der Waals surface area contributed by atoms with E-state index in [-0.39, 0.29) is 11.7 Å². The highest BCUT2D eigenvalue weighted by Crippen LogP contribution is 2.32. The van der Waals surface area contributed by atoms with Gasteiger partial charge >= 0.3 is 0 Å². The molecule has 0 unspecified atom stereocenters. The standard InChI is InChI=1S/C15H13NO4S/c1-9(17)14-6-10(8-21-14)15(18)16-11-2-3-12-13(7-11)20-5-4-19-12/h2-3,6-8H,4-5H2,1H3,(H,16,18). The summed E-state index contributed by atoms with van der Waals surface area (Å²) in [5.41, 5.74) is 1.10. The van der Waals surface area contributed by atoms with Gasteiger partial charge in [-0.3, -0.25) is 9.59 Å². The van der Waals surface area contributed by atoms with Crippen LogP contribution in [-0.4, -0.2) is 24.9 Å². The van der Waals surface area contributed by atoms with Gasteiger partial charge in [-0.25, -0.2) is 0 Å². The van der Waals surface area contributed by atoms with Crippen LogP contribution < -0.4 is 14.8 Å². The molecule has 0 spiro atoms. The number of hydrogen-bond acceptors (Lipinski definition) is 5. The van der Waals surface area contributed by atoms with Gasteiger partial charge in [0.15, 0.2) is 17.3 Å². The molecule has 0 bridgehead atoms. The van der Waals surface area contributed by atoms with Crippen molar-refractivity contribution in [2.45, 2.75) is 6.92 Å². The van der Waals surface area contributed by atoms with Crippen LogP contribution >= 0.6 is 11.3 Å². The maximum Gasteiger partial charge on any atom is 0.256 e. The third-order valence-corrected chi connectivity index (χ3v) is 4.04. The summed E-state index contributed by atoms with van der Waals surface area (Å²) in [6.07, 6.45) is 0. The van der Waals surface area contributed by atoms with E-state index in [0.717, 1.165) is 0 Å². The monoisotopic (exact) mass is 303 g/mol. The van der Waals surface area contributed by atoms with Crippen LogP contribution in [0.5, 0.6) is 11.5 Å². The van der Waals surface area contributed by atoms with Crippen molar-refractivity contribution < 1.29 is 19.1 Å². The number of rotatable bonds is 3. The van der Waals surface area contributed by atoms with Crippen molar-refractivity contribution in [1.82, 2.24) is 0 Å². The van der Waals surface area contributed by atoms with E-state index in [1.54, 1.807) is 29.6 Å². The molecule has 2 aromatic rings. The largest absolute Gasteiger partial charge is 0.486 e. The summed E-state index contributed by atoms with van der Waals surface area (Å²) in [5.74, 6) is 0.997. The van der Waals surface area contributed by atoms with Crippen LogP contribution in [0.3, 0.4) is 0 Å². The number of Topliss-reactive ketones (excluding diaryl/α,β-unsaturated/α-hetero) is 1. The Morgan fingerprint density at radius 2 is 1.90 bits per heavy atom. The van der Waals surface area contributed by atoms with Gasteiger partial charge in [-0.15, -0.1) is 11.3 Å². The highest BCUT2D eigenvalue weighted by atomic mass is 32.1. The number of fused-ring (bicyclic) bond motifs is 1. The van der Waals surface area contributed by atoms with Gasteiger partial charge in [-0.05, 0) is 25.1 Å². The fraction of sp³-hybridized carbons (Fsp3) is 0.200. The van der Waals surface area contributed by atoms with E-state index >= 15 is 0 Å². The molecular formula is C15H13NO4S. The Kier molecular flexibility index (Phi) is 3.62. The van der Waals surface area contributed by atoms with Crippen molar-refractivity contribution >= 4 is 28.7 Å². The molecule has 1 aliphatic heterocycles. The molecule has 6 heteroatoms. The molecule has 0 radical (unpaired) electrons. The van der Waals surface area contributed by atoms with Gasteiger partial charge in [-0.1, -0.05) is 0 Å². The molecule has 3 rings (SSSR count). The van der Waals surface area contributed by atoms with Crippen LogP contribution in [0.4, 0.5) is 5.69 Å². The second kappa shape index (κ2) is 5.57. The molecule has 0 aliphatic carbocycles. The van der Waals surface area contributed by atoms with Gasteiger partial charge in [0.1, 0.15) is 13.2 Å². The van der Waals surface area contributed by atoms with Gasteiger partial charge in [0, 0.05) is 17.1 Å². The quantitative estimate of drug-likeness (QED) is 0.885. The second-order valence-corrected chi connectivity index (χ2v) is 5.48. The molecule has 1 aromatic heterocycles. The number of carbonyl (C=O) groups excluding carboxylic acids is 2. The Morgan fingerprint density at radius 1 is 1.14 bits per heavy atom. The van der Waals surface area contributed by atoms with Crippen molar-refractivity contribution in [2.75, 3.05) is 18.5 Å². The number of benzene rings is 1. The number of amides is 1. The topological polar surface area (TPSA) is 64.6 Å². The number of nitrogens with one attached hydrogen (secondary N) is 1. The zero-order valence-corrected chi connectivity index (χ0v) is 12.2. The van der Waals surface area contributed by atoms with Crippen molar-refractivity contribution in [3.63, 3.8) is 0 Å².